The normalized spacial score (nSPS) is 19.7. The Hall–Kier alpha value is -1.47. The van der Waals surface area contributed by atoms with Gasteiger partial charge in [-0.15, -0.1) is 11.3 Å². The van der Waals surface area contributed by atoms with Gasteiger partial charge in [0, 0.05) is 25.4 Å². The molecule has 0 aliphatic carbocycles. The molecule has 1 aliphatic rings. The second kappa shape index (κ2) is 5.45. The van der Waals surface area contributed by atoms with Crippen LogP contribution in [0.2, 0.25) is 0 Å². The number of aliphatic hydroxyl groups is 1. The molecule has 0 saturated carbocycles. The summed E-state index contributed by atoms with van der Waals surface area (Å²) >= 11 is 1.22. The van der Waals surface area contributed by atoms with Gasteiger partial charge >= 0.3 is 0 Å². The fourth-order valence-electron chi connectivity index (χ4n) is 1.88. The standard InChI is InChI=1S/C11H15N3O3S/c1-7(15)12-11-13-9(6-18-11)10(17)14-4-2-3-8(16)5-14/h6,8,16H,2-5H2,1H3,(H,12,13,15). The number of hydrogen-bond acceptors (Lipinski definition) is 5. The molecule has 1 atom stereocenters. The molecule has 0 radical (unpaired) electrons. The minimum absolute atomic E-state index is 0.193. The Labute approximate surface area is 109 Å². The van der Waals surface area contributed by atoms with Gasteiger partial charge in [0.1, 0.15) is 5.69 Å². The Kier molecular flexibility index (Phi) is 3.93. The fourth-order valence-corrected chi connectivity index (χ4v) is 2.61. The van der Waals surface area contributed by atoms with Gasteiger partial charge in [-0.25, -0.2) is 4.98 Å². The quantitative estimate of drug-likeness (QED) is 0.828. The maximum Gasteiger partial charge on any atom is 0.273 e. The third-order valence-corrected chi connectivity index (χ3v) is 3.45. The van der Waals surface area contributed by atoms with E-state index in [4.69, 9.17) is 0 Å². The van der Waals surface area contributed by atoms with Crippen molar-refractivity contribution in [2.75, 3.05) is 18.4 Å². The number of amides is 2. The summed E-state index contributed by atoms with van der Waals surface area (Å²) in [6, 6.07) is 0. The molecule has 1 fully saturated rings. The number of carbonyl (C=O) groups is 2. The number of thiazole rings is 1. The summed E-state index contributed by atoms with van der Waals surface area (Å²) in [6.45, 7) is 2.39. The zero-order valence-electron chi connectivity index (χ0n) is 10.0. The van der Waals surface area contributed by atoms with E-state index >= 15 is 0 Å². The SMILES string of the molecule is CC(=O)Nc1nc(C(=O)N2CCCC(O)C2)cs1. The summed E-state index contributed by atoms with van der Waals surface area (Å²) < 4.78 is 0. The van der Waals surface area contributed by atoms with Crippen LogP contribution in [0.3, 0.4) is 0 Å². The number of hydrogen-bond donors (Lipinski definition) is 2. The zero-order chi connectivity index (χ0) is 13.1. The van der Waals surface area contributed by atoms with E-state index in [1.54, 1.807) is 10.3 Å². The Morgan fingerprint density at radius 2 is 2.39 bits per heavy atom. The number of nitrogens with zero attached hydrogens (tertiary/aromatic N) is 2. The number of nitrogens with one attached hydrogen (secondary N) is 1. The van der Waals surface area contributed by atoms with Crippen molar-refractivity contribution in [3.05, 3.63) is 11.1 Å². The number of rotatable bonds is 2. The van der Waals surface area contributed by atoms with Crippen molar-refractivity contribution >= 4 is 28.3 Å². The van der Waals surface area contributed by atoms with E-state index in [0.717, 1.165) is 12.8 Å². The lowest BCUT2D eigenvalue weighted by atomic mass is 10.1. The van der Waals surface area contributed by atoms with Crippen molar-refractivity contribution in [3.63, 3.8) is 0 Å². The van der Waals surface area contributed by atoms with E-state index in [2.05, 4.69) is 10.3 Å². The van der Waals surface area contributed by atoms with Gasteiger partial charge in [-0.3, -0.25) is 9.59 Å². The molecule has 2 heterocycles. The number of likely N-dealkylation sites (tertiary alicyclic amines) is 1. The molecule has 1 unspecified atom stereocenters. The fraction of sp³-hybridized carbons (Fsp3) is 0.545. The lowest BCUT2D eigenvalue weighted by Gasteiger charge is -2.29. The maximum absolute atomic E-state index is 12.1. The van der Waals surface area contributed by atoms with Crippen LogP contribution in [0.15, 0.2) is 5.38 Å². The van der Waals surface area contributed by atoms with E-state index in [-0.39, 0.29) is 11.8 Å². The van der Waals surface area contributed by atoms with Crippen LogP contribution in [0.1, 0.15) is 30.3 Å². The molecule has 0 bridgehead atoms. The van der Waals surface area contributed by atoms with Crippen LogP contribution in [-0.4, -0.2) is 46.0 Å². The van der Waals surface area contributed by atoms with Gasteiger partial charge in [0.25, 0.3) is 5.91 Å². The minimum atomic E-state index is -0.448. The van der Waals surface area contributed by atoms with Gasteiger partial charge < -0.3 is 15.3 Å². The van der Waals surface area contributed by atoms with Crippen molar-refractivity contribution in [1.29, 1.82) is 0 Å². The molecule has 2 N–H and O–H groups in total. The predicted molar refractivity (Wildman–Crippen MR) is 67.6 cm³/mol. The highest BCUT2D eigenvalue weighted by atomic mass is 32.1. The second-order valence-electron chi connectivity index (χ2n) is 4.27. The molecule has 1 aliphatic heterocycles. The third-order valence-electron chi connectivity index (χ3n) is 2.69. The van der Waals surface area contributed by atoms with Crippen LogP contribution in [0.25, 0.3) is 0 Å². The van der Waals surface area contributed by atoms with Crippen molar-refractivity contribution < 1.29 is 14.7 Å². The van der Waals surface area contributed by atoms with Crippen molar-refractivity contribution in [2.24, 2.45) is 0 Å². The summed E-state index contributed by atoms with van der Waals surface area (Å²) in [5.41, 5.74) is 0.317. The van der Waals surface area contributed by atoms with Crippen LogP contribution in [0.5, 0.6) is 0 Å². The van der Waals surface area contributed by atoms with Gasteiger partial charge in [-0.1, -0.05) is 0 Å². The van der Waals surface area contributed by atoms with E-state index in [1.807, 2.05) is 0 Å². The third kappa shape index (κ3) is 3.05. The molecule has 18 heavy (non-hydrogen) atoms. The Morgan fingerprint density at radius 1 is 1.61 bits per heavy atom. The largest absolute Gasteiger partial charge is 0.391 e. The topological polar surface area (TPSA) is 82.5 Å². The zero-order valence-corrected chi connectivity index (χ0v) is 10.9. The predicted octanol–water partition coefficient (Wildman–Crippen LogP) is 0.698. The number of anilines is 1. The molecule has 1 aromatic heterocycles. The van der Waals surface area contributed by atoms with E-state index < -0.39 is 6.10 Å². The number of β-amino-alcohol motifs (C(OH)–C–C–N with tert-alkyl or cyclic N) is 1. The number of aliphatic hydroxyl groups excluding tert-OH is 1. The lowest BCUT2D eigenvalue weighted by Crippen LogP contribution is -2.42. The van der Waals surface area contributed by atoms with Crippen LogP contribution in [0, 0.1) is 0 Å². The number of aromatic nitrogens is 1. The summed E-state index contributed by atoms with van der Waals surface area (Å²) in [4.78, 5) is 28.6. The summed E-state index contributed by atoms with van der Waals surface area (Å²) in [5.74, 6) is -0.404. The molecule has 7 heteroatoms. The Bertz CT molecular complexity index is 460. The van der Waals surface area contributed by atoms with Gasteiger partial charge in [0.05, 0.1) is 6.10 Å². The Balaban J connectivity index is 2.04. The molecular weight excluding hydrogens is 254 g/mol. The molecule has 0 aromatic carbocycles. The summed E-state index contributed by atoms with van der Waals surface area (Å²) in [5, 5.41) is 14.1. The minimum Gasteiger partial charge on any atom is -0.391 e. The van der Waals surface area contributed by atoms with Crippen molar-refractivity contribution in [1.82, 2.24) is 9.88 Å². The number of piperidine rings is 1. The molecule has 2 amide bonds. The van der Waals surface area contributed by atoms with Crippen LogP contribution < -0.4 is 5.32 Å². The van der Waals surface area contributed by atoms with Crippen LogP contribution >= 0.6 is 11.3 Å². The second-order valence-corrected chi connectivity index (χ2v) is 5.12. The first-order valence-electron chi connectivity index (χ1n) is 5.76. The summed E-state index contributed by atoms with van der Waals surface area (Å²) in [7, 11) is 0. The molecule has 98 valence electrons. The van der Waals surface area contributed by atoms with Gasteiger partial charge in [0.15, 0.2) is 5.13 Å². The van der Waals surface area contributed by atoms with Crippen LogP contribution in [-0.2, 0) is 4.79 Å². The van der Waals surface area contributed by atoms with Gasteiger partial charge in [-0.05, 0) is 12.8 Å². The smallest absolute Gasteiger partial charge is 0.273 e. The van der Waals surface area contributed by atoms with Crippen molar-refractivity contribution in [2.45, 2.75) is 25.9 Å². The van der Waals surface area contributed by atoms with E-state index in [0.29, 0.717) is 23.9 Å². The Morgan fingerprint density at radius 3 is 3.06 bits per heavy atom. The van der Waals surface area contributed by atoms with Gasteiger partial charge in [0.2, 0.25) is 5.91 Å². The molecular formula is C11H15N3O3S. The lowest BCUT2D eigenvalue weighted by molar-refractivity contribution is -0.114. The van der Waals surface area contributed by atoms with E-state index in [9.17, 15) is 14.7 Å². The molecule has 0 spiro atoms. The van der Waals surface area contributed by atoms with E-state index in [1.165, 1.54) is 18.3 Å². The highest BCUT2D eigenvalue weighted by Crippen LogP contribution is 2.18. The number of carbonyl (C=O) groups excluding carboxylic acids is 2. The molecule has 2 rings (SSSR count). The molecule has 1 saturated heterocycles. The van der Waals surface area contributed by atoms with Crippen LogP contribution in [0.4, 0.5) is 5.13 Å². The first-order chi connectivity index (χ1) is 8.56. The highest BCUT2D eigenvalue weighted by molar-refractivity contribution is 7.14. The maximum atomic E-state index is 12.1. The molecule has 6 nitrogen and oxygen atoms in total. The monoisotopic (exact) mass is 269 g/mol. The van der Waals surface area contributed by atoms with Gasteiger partial charge in [-0.2, -0.15) is 0 Å². The highest BCUT2D eigenvalue weighted by Gasteiger charge is 2.24. The first kappa shape index (κ1) is 13.0. The van der Waals surface area contributed by atoms with Crippen molar-refractivity contribution in [3.8, 4) is 0 Å². The first-order valence-corrected chi connectivity index (χ1v) is 6.64. The molecule has 1 aromatic rings. The average Bonchev–Trinajstić information content (AvgIpc) is 2.75. The average molecular weight is 269 g/mol. The summed E-state index contributed by atoms with van der Waals surface area (Å²) in [6.07, 6.45) is 1.09.